The van der Waals surface area contributed by atoms with E-state index in [-0.39, 0.29) is 18.4 Å². The number of hydrogen-bond acceptors (Lipinski definition) is 3. The van der Waals surface area contributed by atoms with E-state index in [9.17, 15) is 4.79 Å². The van der Waals surface area contributed by atoms with Crippen molar-refractivity contribution in [3.63, 3.8) is 0 Å². The van der Waals surface area contributed by atoms with Gasteiger partial charge in [0.1, 0.15) is 0 Å². The van der Waals surface area contributed by atoms with Crippen molar-refractivity contribution in [3.05, 3.63) is 48.0 Å². The summed E-state index contributed by atoms with van der Waals surface area (Å²) in [6.07, 6.45) is 3.55. The fraction of sp³-hybridized carbons (Fsp3) is 0.526. The van der Waals surface area contributed by atoms with Gasteiger partial charge >= 0.3 is 0 Å². The van der Waals surface area contributed by atoms with Crippen LogP contribution in [0.15, 0.2) is 36.9 Å². The molecule has 0 bridgehead atoms. The molecule has 0 aliphatic carbocycles. The van der Waals surface area contributed by atoms with Crippen molar-refractivity contribution >= 4 is 5.91 Å². The first-order valence-electron chi connectivity index (χ1n) is 8.43. The van der Waals surface area contributed by atoms with Crippen LogP contribution in [-0.4, -0.2) is 53.6 Å². The van der Waals surface area contributed by atoms with Crippen molar-refractivity contribution in [2.75, 3.05) is 32.8 Å². The molecule has 4 nitrogen and oxygen atoms in total. The van der Waals surface area contributed by atoms with E-state index in [0.717, 1.165) is 25.9 Å². The number of aliphatic hydroxyl groups is 1. The highest BCUT2D eigenvalue weighted by molar-refractivity contribution is 5.79. The Balaban J connectivity index is 1.99. The Morgan fingerprint density at radius 3 is 2.70 bits per heavy atom. The van der Waals surface area contributed by atoms with Crippen molar-refractivity contribution in [2.24, 2.45) is 5.92 Å². The third-order valence-electron chi connectivity index (χ3n) is 4.64. The zero-order valence-electron chi connectivity index (χ0n) is 14.1. The van der Waals surface area contributed by atoms with Crippen molar-refractivity contribution in [1.29, 1.82) is 0 Å². The Bertz CT molecular complexity index is 522. The summed E-state index contributed by atoms with van der Waals surface area (Å²) in [5, 5.41) is 9.01. The minimum atomic E-state index is 0.0916. The second-order valence-corrected chi connectivity index (χ2v) is 6.27. The molecular formula is C19H28N2O2. The normalized spacial score (nSPS) is 16.3. The van der Waals surface area contributed by atoms with Gasteiger partial charge in [0, 0.05) is 25.6 Å². The summed E-state index contributed by atoms with van der Waals surface area (Å²) in [7, 11) is 0. The van der Waals surface area contributed by atoms with Gasteiger partial charge in [-0.1, -0.05) is 30.3 Å². The number of piperidine rings is 1. The van der Waals surface area contributed by atoms with Crippen LogP contribution in [0.2, 0.25) is 0 Å². The molecule has 0 atom stereocenters. The van der Waals surface area contributed by atoms with Gasteiger partial charge in [-0.3, -0.25) is 4.79 Å². The van der Waals surface area contributed by atoms with Crippen LogP contribution < -0.4 is 0 Å². The van der Waals surface area contributed by atoms with Crippen LogP contribution in [0.1, 0.15) is 24.0 Å². The lowest BCUT2D eigenvalue weighted by atomic mass is 9.95. The summed E-state index contributed by atoms with van der Waals surface area (Å²) in [4.78, 5) is 17.0. The molecule has 1 aromatic rings. The zero-order valence-corrected chi connectivity index (χ0v) is 14.1. The lowest BCUT2D eigenvalue weighted by Gasteiger charge is -2.34. The number of rotatable bonds is 7. The van der Waals surface area contributed by atoms with Gasteiger partial charge in [-0.05, 0) is 44.0 Å². The highest BCUT2D eigenvalue weighted by Crippen LogP contribution is 2.21. The average Bonchev–Trinajstić information content (AvgIpc) is 2.57. The summed E-state index contributed by atoms with van der Waals surface area (Å²) < 4.78 is 0. The lowest BCUT2D eigenvalue weighted by molar-refractivity contribution is -0.137. The number of benzene rings is 1. The smallest absolute Gasteiger partial charge is 0.226 e. The fourth-order valence-electron chi connectivity index (χ4n) is 3.18. The van der Waals surface area contributed by atoms with Gasteiger partial charge in [0.15, 0.2) is 0 Å². The first-order chi connectivity index (χ1) is 11.2. The van der Waals surface area contributed by atoms with E-state index in [0.29, 0.717) is 19.6 Å². The van der Waals surface area contributed by atoms with E-state index in [4.69, 9.17) is 5.11 Å². The van der Waals surface area contributed by atoms with Crippen LogP contribution in [0.4, 0.5) is 0 Å². The average molecular weight is 316 g/mol. The Morgan fingerprint density at radius 1 is 1.39 bits per heavy atom. The monoisotopic (exact) mass is 316 g/mol. The highest BCUT2D eigenvalue weighted by Gasteiger charge is 2.28. The van der Waals surface area contributed by atoms with Crippen LogP contribution in [0, 0.1) is 12.8 Å². The topological polar surface area (TPSA) is 43.8 Å². The van der Waals surface area contributed by atoms with Gasteiger partial charge in [-0.25, -0.2) is 0 Å². The first kappa shape index (κ1) is 17.7. The molecule has 1 N–H and O–H groups in total. The van der Waals surface area contributed by atoms with E-state index >= 15 is 0 Å². The zero-order chi connectivity index (χ0) is 16.7. The highest BCUT2D eigenvalue weighted by atomic mass is 16.3. The Morgan fingerprint density at radius 2 is 2.09 bits per heavy atom. The number of likely N-dealkylation sites (tertiary alicyclic amines) is 1. The lowest BCUT2D eigenvalue weighted by Crippen LogP contribution is -2.43. The maximum Gasteiger partial charge on any atom is 0.226 e. The minimum absolute atomic E-state index is 0.0916. The maximum atomic E-state index is 12.9. The number of aryl methyl sites for hydroxylation is 1. The van der Waals surface area contributed by atoms with Crippen LogP contribution in [-0.2, 0) is 11.3 Å². The standard InChI is InChI=1S/C19H28N2O2/c1-3-10-21(15-18-7-5-4-6-16(18)2)19(23)17-8-11-20(12-9-17)13-14-22/h3-7,17,22H,1,8-15H2,2H3. The molecule has 1 heterocycles. The van der Waals surface area contributed by atoms with E-state index in [1.807, 2.05) is 17.0 Å². The van der Waals surface area contributed by atoms with Gasteiger partial charge in [0.05, 0.1) is 6.61 Å². The molecule has 0 radical (unpaired) electrons. The Kier molecular flexibility index (Phi) is 6.81. The van der Waals surface area contributed by atoms with Crippen LogP contribution in [0.5, 0.6) is 0 Å². The summed E-state index contributed by atoms with van der Waals surface area (Å²) in [5.41, 5.74) is 2.41. The molecule has 0 saturated carbocycles. The van der Waals surface area contributed by atoms with Crippen LogP contribution in [0.25, 0.3) is 0 Å². The largest absolute Gasteiger partial charge is 0.395 e. The van der Waals surface area contributed by atoms with Crippen molar-refractivity contribution in [1.82, 2.24) is 9.80 Å². The van der Waals surface area contributed by atoms with E-state index < -0.39 is 0 Å². The summed E-state index contributed by atoms with van der Waals surface area (Å²) in [5.74, 6) is 0.325. The van der Waals surface area contributed by atoms with Crippen molar-refractivity contribution < 1.29 is 9.90 Å². The number of carbonyl (C=O) groups excluding carboxylic acids is 1. The molecule has 1 aliphatic heterocycles. The van der Waals surface area contributed by atoms with Crippen LogP contribution in [0.3, 0.4) is 0 Å². The molecule has 0 aromatic heterocycles. The molecule has 1 aromatic carbocycles. The van der Waals surface area contributed by atoms with E-state index in [1.165, 1.54) is 11.1 Å². The van der Waals surface area contributed by atoms with E-state index in [2.05, 4.69) is 30.5 Å². The third-order valence-corrected chi connectivity index (χ3v) is 4.64. The molecule has 2 rings (SSSR count). The number of hydrogen-bond donors (Lipinski definition) is 1. The molecule has 0 unspecified atom stereocenters. The SMILES string of the molecule is C=CCN(Cc1ccccc1C)C(=O)C1CCN(CCO)CC1. The molecule has 126 valence electrons. The van der Waals surface area contributed by atoms with Gasteiger partial charge in [0.2, 0.25) is 5.91 Å². The van der Waals surface area contributed by atoms with Crippen LogP contribution >= 0.6 is 0 Å². The predicted molar refractivity (Wildman–Crippen MR) is 93.0 cm³/mol. The Hall–Kier alpha value is -1.65. The molecule has 23 heavy (non-hydrogen) atoms. The predicted octanol–water partition coefficient (Wildman–Crippen LogP) is 2.21. The van der Waals surface area contributed by atoms with Crippen molar-refractivity contribution in [2.45, 2.75) is 26.3 Å². The van der Waals surface area contributed by atoms with Gasteiger partial charge in [-0.2, -0.15) is 0 Å². The number of β-amino-alcohol motifs (C(OH)–C–C–N with tert-alkyl or cyclic N) is 1. The number of amides is 1. The first-order valence-corrected chi connectivity index (χ1v) is 8.43. The number of nitrogens with zero attached hydrogens (tertiary/aromatic N) is 2. The summed E-state index contributed by atoms with van der Waals surface area (Å²) >= 11 is 0. The maximum absolute atomic E-state index is 12.9. The number of aliphatic hydroxyl groups excluding tert-OH is 1. The molecule has 4 heteroatoms. The third kappa shape index (κ3) is 4.91. The molecule has 0 spiro atoms. The molecular weight excluding hydrogens is 288 g/mol. The fourth-order valence-corrected chi connectivity index (χ4v) is 3.18. The summed E-state index contributed by atoms with van der Waals surface area (Å²) in [6, 6.07) is 8.21. The quantitative estimate of drug-likeness (QED) is 0.785. The number of carbonyl (C=O) groups is 1. The molecule has 1 fully saturated rings. The van der Waals surface area contributed by atoms with Gasteiger partial charge < -0.3 is 14.9 Å². The second-order valence-electron chi connectivity index (χ2n) is 6.27. The molecule has 1 amide bonds. The van der Waals surface area contributed by atoms with Gasteiger partial charge in [-0.15, -0.1) is 6.58 Å². The molecule has 1 aliphatic rings. The second kappa shape index (κ2) is 8.85. The van der Waals surface area contributed by atoms with Gasteiger partial charge in [0.25, 0.3) is 0 Å². The summed E-state index contributed by atoms with van der Waals surface area (Å²) in [6.45, 7) is 9.80. The Labute approximate surface area is 139 Å². The van der Waals surface area contributed by atoms with E-state index in [1.54, 1.807) is 6.08 Å². The van der Waals surface area contributed by atoms with Crippen molar-refractivity contribution in [3.8, 4) is 0 Å². The minimum Gasteiger partial charge on any atom is -0.395 e. The molecule has 1 saturated heterocycles.